The fraction of sp³-hybridized carbons (Fsp3) is 0.286. The maximum absolute atomic E-state index is 12.4. The highest BCUT2D eigenvalue weighted by molar-refractivity contribution is 5.96. The van der Waals surface area contributed by atoms with Gasteiger partial charge in [0.1, 0.15) is 0 Å². The van der Waals surface area contributed by atoms with Gasteiger partial charge in [0.15, 0.2) is 0 Å². The molecule has 6 heteroatoms. The first kappa shape index (κ1) is 18.6. The SMILES string of the molecule is CN(Cc1ccc(C(=O)O)cc1)C(=O)CC[C@H]1Cc2ccccc2NC1=O. The number of rotatable bonds is 6. The van der Waals surface area contributed by atoms with E-state index in [2.05, 4.69) is 5.32 Å². The second kappa shape index (κ2) is 8.03. The molecule has 0 saturated carbocycles. The highest BCUT2D eigenvalue weighted by Gasteiger charge is 2.26. The van der Waals surface area contributed by atoms with Crippen LogP contribution in [0, 0.1) is 5.92 Å². The minimum absolute atomic E-state index is 0.0339. The number of para-hydroxylation sites is 1. The van der Waals surface area contributed by atoms with Gasteiger partial charge >= 0.3 is 5.97 Å². The average Bonchev–Trinajstić information content (AvgIpc) is 2.66. The summed E-state index contributed by atoms with van der Waals surface area (Å²) in [6.45, 7) is 0.401. The number of fused-ring (bicyclic) bond motifs is 1. The number of nitrogens with one attached hydrogen (secondary N) is 1. The Balaban J connectivity index is 1.53. The van der Waals surface area contributed by atoms with E-state index in [0.29, 0.717) is 25.8 Å². The van der Waals surface area contributed by atoms with Gasteiger partial charge in [-0.25, -0.2) is 4.79 Å². The van der Waals surface area contributed by atoms with Crippen molar-refractivity contribution in [1.29, 1.82) is 0 Å². The van der Waals surface area contributed by atoms with E-state index in [-0.39, 0.29) is 23.3 Å². The molecule has 0 unspecified atom stereocenters. The van der Waals surface area contributed by atoms with E-state index in [4.69, 9.17) is 5.11 Å². The van der Waals surface area contributed by atoms with E-state index in [1.54, 1.807) is 24.1 Å². The Morgan fingerprint density at radius 3 is 2.56 bits per heavy atom. The monoisotopic (exact) mass is 366 g/mol. The summed E-state index contributed by atoms with van der Waals surface area (Å²) in [5.41, 5.74) is 3.03. The number of aromatic carboxylic acids is 1. The van der Waals surface area contributed by atoms with Crippen molar-refractivity contribution in [2.24, 2.45) is 5.92 Å². The Bertz CT molecular complexity index is 861. The van der Waals surface area contributed by atoms with Gasteiger partial charge in [-0.3, -0.25) is 9.59 Å². The van der Waals surface area contributed by atoms with Gasteiger partial charge in [0.25, 0.3) is 0 Å². The maximum atomic E-state index is 12.4. The zero-order valence-electron chi connectivity index (χ0n) is 15.1. The molecule has 1 atom stereocenters. The molecule has 2 aromatic rings. The molecule has 0 aromatic heterocycles. The predicted molar refractivity (Wildman–Crippen MR) is 101 cm³/mol. The molecular formula is C21H22N2O4. The smallest absolute Gasteiger partial charge is 0.335 e. The summed E-state index contributed by atoms with van der Waals surface area (Å²) in [5.74, 6) is -1.25. The van der Waals surface area contributed by atoms with Gasteiger partial charge in [-0.15, -0.1) is 0 Å². The topological polar surface area (TPSA) is 86.7 Å². The van der Waals surface area contributed by atoms with E-state index in [9.17, 15) is 14.4 Å². The zero-order valence-corrected chi connectivity index (χ0v) is 15.1. The van der Waals surface area contributed by atoms with Gasteiger partial charge in [0.2, 0.25) is 11.8 Å². The van der Waals surface area contributed by atoms with Crippen LogP contribution >= 0.6 is 0 Å². The molecular weight excluding hydrogens is 344 g/mol. The Morgan fingerprint density at radius 1 is 1.15 bits per heavy atom. The van der Waals surface area contributed by atoms with Crippen molar-refractivity contribution in [1.82, 2.24) is 4.90 Å². The van der Waals surface area contributed by atoms with E-state index in [0.717, 1.165) is 16.8 Å². The predicted octanol–water partition coefficient (Wildman–Crippen LogP) is 2.93. The van der Waals surface area contributed by atoms with Crippen LogP contribution in [0.15, 0.2) is 48.5 Å². The van der Waals surface area contributed by atoms with Crippen molar-refractivity contribution in [3.05, 3.63) is 65.2 Å². The Kier molecular flexibility index (Phi) is 5.54. The molecule has 0 aliphatic carbocycles. The Morgan fingerprint density at radius 2 is 1.85 bits per heavy atom. The summed E-state index contributed by atoms with van der Waals surface area (Å²) >= 11 is 0. The van der Waals surface area contributed by atoms with Gasteiger partial charge in [-0.1, -0.05) is 30.3 Å². The van der Waals surface area contributed by atoms with Crippen LogP contribution in [0.2, 0.25) is 0 Å². The van der Waals surface area contributed by atoms with Crippen LogP contribution in [0.25, 0.3) is 0 Å². The molecule has 0 fully saturated rings. The summed E-state index contributed by atoms with van der Waals surface area (Å²) in [4.78, 5) is 37.1. The molecule has 0 saturated heterocycles. The third-order valence-corrected chi connectivity index (χ3v) is 4.87. The van der Waals surface area contributed by atoms with Crippen LogP contribution in [0.3, 0.4) is 0 Å². The number of carbonyl (C=O) groups is 3. The molecule has 27 heavy (non-hydrogen) atoms. The lowest BCUT2D eigenvalue weighted by molar-refractivity contribution is -0.131. The fourth-order valence-corrected chi connectivity index (χ4v) is 3.25. The van der Waals surface area contributed by atoms with E-state index >= 15 is 0 Å². The molecule has 1 aliphatic heterocycles. The van der Waals surface area contributed by atoms with Gasteiger partial charge in [0, 0.05) is 31.6 Å². The second-order valence-corrected chi connectivity index (χ2v) is 6.84. The lowest BCUT2D eigenvalue weighted by Crippen LogP contribution is -2.32. The fourth-order valence-electron chi connectivity index (χ4n) is 3.25. The number of carbonyl (C=O) groups excluding carboxylic acids is 2. The highest BCUT2D eigenvalue weighted by Crippen LogP contribution is 2.27. The van der Waals surface area contributed by atoms with Crippen LogP contribution in [0.4, 0.5) is 5.69 Å². The number of hydrogen-bond donors (Lipinski definition) is 2. The van der Waals surface area contributed by atoms with Crippen LogP contribution in [0.1, 0.15) is 34.3 Å². The van der Waals surface area contributed by atoms with Crippen molar-refractivity contribution in [2.75, 3.05) is 12.4 Å². The number of hydrogen-bond acceptors (Lipinski definition) is 3. The third kappa shape index (κ3) is 4.53. The highest BCUT2D eigenvalue weighted by atomic mass is 16.4. The van der Waals surface area contributed by atoms with Gasteiger partial charge in [0.05, 0.1) is 5.56 Å². The van der Waals surface area contributed by atoms with Crippen LogP contribution in [0.5, 0.6) is 0 Å². The summed E-state index contributed by atoms with van der Waals surface area (Å²) in [5, 5.41) is 11.8. The van der Waals surface area contributed by atoms with Crippen molar-refractivity contribution >= 4 is 23.5 Å². The Labute approximate surface area is 157 Å². The quantitative estimate of drug-likeness (QED) is 0.823. The zero-order chi connectivity index (χ0) is 19.4. The first-order valence-corrected chi connectivity index (χ1v) is 8.89. The van der Waals surface area contributed by atoms with Gasteiger partial charge in [-0.05, 0) is 42.2 Å². The van der Waals surface area contributed by atoms with E-state index < -0.39 is 5.97 Å². The summed E-state index contributed by atoms with van der Waals surface area (Å²) in [6, 6.07) is 14.2. The minimum atomic E-state index is -0.974. The number of amides is 2. The van der Waals surface area contributed by atoms with Crippen LogP contribution in [-0.2, 0) is 22.6 Å². The molecule has 0 spiro atoms. The van der Waals surface area contributed by atoms with Gasteiger partial charge < -0.3 is 15.3 Å². The molecule has 0 bridgehead atoms. The van der Waals surface area contributed by atoms with Crippen molar-refractivity contribution in [3.63, 3.8) is 0 Å². The molecule has 6 nitrogen and oxygen atoms in total. The molecule has 2 amide bonds. The second-order valence-electron chi connectivity index (χ2n) is 6.84. The first-order valence-electron chi connectivity index (χ1n) is 8.89. The average molecular weight is 366 g/mol. The lowest BCUT2D eigenvalue weighted by Gasteiger charge is -2.25. The van der Waals surface area contributed by atoms with Crippen molar-refractivity contribution in [2.45, 2.75) is 25.8 Å². The molecule has 0 radical (unpaired) electrons. The Hall–Kier alpha value is -3.15. The summed E-state index contributed by atoms with van der Waals surface area (Å²) < 4.78 is 0. The molecule has 2 N–H and O–H groups in total. The summed E-state index contributed by atoms with van der Waals surface area (Å²) in [7, 11) is 1.71. The standard InChI is InChI=1S/C21H22N2O4/c1-23(13-14-6-8-15(9-7-14)21(26)27)19(24)11-10-17-12-16-4-2-3-5-18(16)22-20(17)25/h2-9,17H,10-13H2,1H3,(H,22,25)(H,26,27)/t17-/m0/s1. The van der Waals surface area contributed by atoms with E-state index in [1.807, 2.05) is 24.3 Å². The molecule has 3 rings (SSSR count). The van der Waals surface area contributed by atoms with E-state index in [1.165, 1.54) is 12.1 Å². The van der Waals surface area contributed by atoms with Crippen LogP contribution in [-0.4, -0.2) is 34.8 Å². The molecule has 1 aliphatic rings. The maximum Gasteiger partial charge on any atom is 0.335 e. The number of carboxylic acid groups (broad SMARTS) is 1. The van der Waals surface area contributed by atoms with Gasteiger partial charge in [-0.2, -0.15) is 0 Å². The number of nitrogens with zero attached hydrogens (tertiary/aromatic N) is 1. The number of anilines is 1. The van der Waals surface area contributed by atoms with Crippen LogP contribution < -0.4 is 5.32 Å². The largest absolute Gasteiger partial charge is 0.478 e. The van der Waals surface area contributed by atoms with Crippen molar-refractivity contribution < 1.29 is 19.5 Å². The molecule has 2 aromatic carbocycles. The van der Waals surface area contributed by atoms with Crippen molar-refractivity contribution in [3.8, 4) is 0 Å². The minimum Gasteiger partial charge on any atom is -0.478 e. The third-order valence-electron chi connectivity index (χ3n) is 4.87. The molecule has 140 valence electrons. The normalized spacial score (nSPS) is 15.6. The molecule has 1 heterocycles. The summed E-state index contributed by atoms with van der Waals surface area (Å²) in [6.07, 6.45) is 1.45. The first-order chi connectivity index (χ1) is 12.9. The number of carboxylic acids is 1. The lowest BCUT2D eigenvalue weighted by atomic mass is 9.89. The number of benzene rings is 2.